The second kappa shape index (κ2) is 14.9. The predicted molar refractivity (Wildman–Crippen MR) is 148 cm³/mol. The monoisotopic (exact) mass is 494 g/mol. The highest BCUT2D eigenvalue weighted by molar-refractivity contribution is 7.92. The summed E-state index contributed by atoms with van der Waals surface area (Å²) in [6.07, 6.45) is 19.5. The van der Waals surface area contributed by atoms with Crippen molar-refractivity contribution in [2.75, 3.05) is 4.72 Å². The van der Waals surface area contributed by atoms with Gasteiger partial charge in [0.05, 0.1) is 16.1 Å². The molecule has 1 N–H and O–H groups in total. The number of aromatic nitrogens is 1. The van der Waals surface area contributed by atoms with E-state index in [1.54, 1.807) is 24.4 Å². The first kappa shape index (κ1) is 27.2. The first-order chi connectivity index (χ1) is 17.1. The summed E-state index contributed by atoms with van der Waals surface area (Å²) < 4.78 is 29.3. The molecular weight excluding hydrogens is 452 g/mol. The molecule has 0 fully saturated rings. The maximum Gasteiger partial charge on any atom is 0.262 e. The quantitative estimate of drug-likeness (QED) is 0.191. The Kier molecular flexibility index (Phi) is 11.6. The van der Waals surface area contributed by atoms with Crippen LogP contribution in [0.4, 0.5) is 5.69 Å². The molecule has 35 heavy (non-hydrogen) atoms. The molecule has 0 radical (unpaired) electrons. The summed E-state index contributed by atoms with van der Waals surface area (Å²) in [5.41, 5.74) is 2.06. The van der Waals surface area contributed by atoms with Gasteiger partial charge in [-0.05, 0) is 36.6 Å². The zero-order valence-electron chi connectivity index (χ0n) is 21.3. The number of sulfonamides is 1. The fourth-order valence-electron chi connectivity index (χ4n) is 4.69. The Morgan fingerprint density at radius 3 is 1.97 bits per heavy atom. The number of anilines is 1. The van der Waals surface area contributed by atoms with Gasteiger partial charge in [0.25, 0.3) is 10.0 Å². The van der Waals surface area contributed by atoms with Crippen molar-refractivity contribution < 1.29 is 8.42 Å². The maximum absolute atomic E-state index is 13.3. The molecule has 3 aromatic rings. The topological polar surface area (TPSA) is 59.1 Å². The smallest absolute Gasteiger partial charge is 0.262 e. The highest BCUT2D eigenvalue weighted by Gasteiger charge is 2.19. The molecule has 0 atom stereocenters. The second-order valence-corrected chi connectivity index (χ2v) is 11.2. The maximum atomic E-state index is 13.3. The Labute approximate surface area is 212 Å². The fourth-order valence-corrected chi connectivity index (χ4v) is 6.03. The van der Waals surface area contributed by atoms with Gasteiger partial charge in [-0.25, -0.2) is 8.42 Å². The van der Waals surface area contributed by atoms with Crippen LogP contribution in [0.1, 0.15) is 96.0 Å². The van der Waals surface area contributed by atoms with E-state index >= 15 is 0 Å². The van der Waals surface area contributed by atoms with Crippen LogP contribution >= 0.6 is 0 Å². The molecule has 4 nitrogen and oxygen atoms in total. The molecule has 1 aromatic heterocycles. The number of nitrogens with one attached hydrogen (secondary N) is 1. The van der Waals surface area contributed by atoms with Gasteiger partial charge >= 0.3 is 0 Å². The molecular formula is C30H42N2O2S. The summed E-state index contributed by atoms with van der Waals surface area (Å²) in [6.45, 7) is 2.27. The first-order valence-corrected chi connectivity index (χ1v) is 15.0. The van der Waals surface area contributed by atoms with E-state index in [4.69, 9.17) is 0 Å². The lowest BCUT2D eigenvalue weighted by molar-refractivity contribution is 0.539. The van der Waals surface area contributed by atoms with E-state index < -0.39 is 10.0 Å². The van der Waals surface area contributed by atoms with Crippen molar-refractivity contribution in [2.45, 2.75) is 102 Å². The molecule has 3 rings (SSSR count). The fraction of sp³-hybridized carbons (Fsp3) is 0.500. The Morgan fingerprint density at radius 1 is 0.686 bits per heavy atom. The van der Waals surface area contributed by atoms with Crippen LogP contribution in [0.2, 0.25) is 0 Å². The summed E-state index contributed by atoms with van der Waals surface area (Å²) in [6, 6.07) is 16.7. The lowest BCUT2D eigenvalue weighted by atomic mass is 10.0. The molecule has 1 heterocycles. The third-order valence-corrected chi connectivity index (χ3v) is 8.15. The van der Waals surface area contributed by atoms with Gasteiger partial charge in [0.2, 0.25) is 0 Å². The van der Waals surface area contributed by atoms with Crippen molar-refractivity contribution in [1.82, 2.24) is 4.98 Å². The molecule has 0 unspecified atom stereocenters. The van der Waals surface area contributed by atoms with Crippen molar-refractivity contribution in [3.05, 3.63) is 66.4 Å². The zero-order chi connectivity index (χ0) is 24.8. The zero-order valence-corrected chi connectivity index (χ0v) is 22.2. The molecule has 0 aliphatic heterocycles. The van der Waals surface area contributed by atoms with Crippen LogP contribution in [-0.2, 0) is 16.4 Å². The van der Waals surface area contributed by atoms with E-state index in [2.05, 4.69) is 16.6 Å². The van der Waals surface area contributed by atoms with E-state index in [1.807, 2.05) is 36.4 Å². The van der Waals surface area contributed by atoms with Crippen molar-refractivity contribution >= 4 is 26.6 Å². The molecule has 2 aromatic carbocycles. The number of hydrogen-bond acceptors (Lipinski definition) is 3. The standard InChI is InChI=1S/C30H42N2O2S/c1-2-3-4-5-6-7-8-9-10-11-12-13-14-19-26-20-15-16-24-29(26)35(33,34)32-28-23-17-21-27-22-18-25-31-30(27)28/h15-18,20-25,32H,2-14,19H2,1H3. The average Bonchev–Trinajstić information content (AvgIpc) is 2.87. The van der Waals surface area contributed by atoms with Gasteiger partial charge in [-0.2, -0.15) is 0 Å². The number of para-hydroxylation sites is 1. The van der Waals surface area contributed by atoms with Crippen LogP contribution in [-0.4, -0.2) is 13.4 Å². The van der Waals surface area contributed by atoms with Crippen LogP contribution in [0.5, 0.6) is 0 Å². The number of nitrogens with zero attached hydrogens (tertiary/aromatic N) is 1. The van der Waals surface area contributed by atoms with E-state index in [-0.39, 0.29) is 0 Å². The third kappa shape index (κ3) is 8.96. The van der Waals surface area contributed by atoms with Crippen LogP contribution in [0, 0.1) is 0 Å². The largest absolute Gasteiger partial charge is 0.277 e. The molecule has 0 aliphatic carbocycles. The van der Waals surface area contributed by atoms with E-state index in [1.165, 1.54) is 70.6 Å². The molecule has 0 saturated carbocycles. The van der Waals surface area contributed by atoms with Gasteiger partial charge < -0.3 is 0 Å². The molecule has 0 aliphatic rings. The van der Waals surface area contributed by atoms with Gasteiger partial charge in [-0.3, -0.25) is 9.71 Å². The Balaban J connectivity index is 1.42. The molecule has 190 valence electrons. The summed E-state index contributed by atoms with van der Waals surface area (Å²) >= 11 is 0. The molecule has 5 heteroatoms. The summed E-state index contributed by atoms with van der Waals surface area (Å²) in [4.78, 5) is 4.74. The number of aryl methyl sites for hydroxylation is 1. The van der Waals surface area contributed by atoms with Crippen LogP contribution < -0.4 is 4.72 Å². The van der Waals surface area contributed by atoms with Gasteiger partial charge in [0.15, 0.2) is 0 Å². The number of fused-ring (bicyclic) bond motifs is 1. The lowest BCUT2D eigenvalue weighted by Crippen LogP contribution is -2.15. The van der Waals surface area contributed by atoms with E-state index in [9.17, 15) is 8.42 Å². The van der Waals surface area contributed by atoms with Crippen molar-refractivity contribution in [3.8, 4) is 0 Å². The minimum atomic E-state index is -3.69. The van der Waals surface area contributed by atoms with Gasteiger partial charge in [-0.15, -0.1) is 0 Å². The van der Waals surface area contributed by atoms with Crippen LogP contribution in [0.15, 0.2) is 65.7 Å². The van der Waals surface area contributed by atoms with Crippen molar-refractivity contribution in [3.63, 3.8) is 0 Å². The third-order valence-electron chi connectivity index (χ3n) is 6.69. The summed E-state index contributed by atoms with van der Waals surface area (Å²) in [5.74, 6) is 0. The predicted octanol–water partition coefficient (Wildman–Crippen LogP) is 8.67. The Bertz CT molecular complexity index is 1120. The minimum absolute atomic E-state index is 0.367. The Hall–Kier alpha value is -2.40. The Morgan fingerprint density at radius 2 is 1.29 bits per heavy atom. The molecule has 0 spiro atoms. The van der Waals surface area contributed by atoms with E-state index in [0.717, 1.165) is 30.2 Å². The molecule has 0 bridgehead atoms. The number of unbranched alkanes of at least 4 members (excludes halogenated alkanes) is 12. The number of hydrogen-bond donors (Lipinski definition) is 1. The van der Waals surface area contributed by atoms with Crippen LogP contribution in [0.25, 0.3) is 10.9 Å². The molecule has 0 amide bonds. The highest BCUT2D eigenvalue weighted by Crippen LogP contribution is 2.26. The summed E-state index contributed by atoms with van der Waals surface area (Å²) in [5, 5.41) is 0.910. The molecule has 0 saturated heterocycles. The van der Waals surface area contributed by atoms with Crippen molar-refractivity contribution in [1.29, 1.82) is 0 Å². The highest BCUT2D eigenvalue weighted by atomic mass is 32.2. The first-order valence-electron chi connectivity index (χ1n) is 13.6. The number of benzene rings is 2. The summed E-state index contributed by atoms with van der Waals surface area (Å²) in [7, 11) is -3.69. The normalized spacial score (nSPS) is 11.7. The van der Waals surface area contributed by atoms with Crippen LogP contribution in [0.3, 0.4) is 0 Å². The van der Waals surface area contributed by atoms with Gasteiger partial charge in [0, 0.05) is 11.6 Å². The average molecular weight is 495 g/mol. The van der Waals surface area contributed by atoms with Gasteiger partial charge in [0.1, 0.15) is 0 Å². The number of rotatable bonds is 17. The lowest BCUT2D eigenvalue weighted by Gasteiger charge is -2.13. The second-order valence-electron chi connectivity index (χ2n) is 9.59. The van der Waals surface area contributed by atoms with E-state index in [0.29, 0.717) is 16.1 Å². The van der Waals surface area contributed by atoms with Gasteiger partial charge in [-0.1, -0.05) is 120 Å². The van der Waals surface area contributed by atoms with Crippen molar-refractivity contribution in [2.24, 2.45) is 0 Å². The number of pyridine rings is 1. The SMILES string of the molecule is CCCCCCCCCCCCCCCc1ccccc1S(=O)(=O)Nc1cccc2cccnc12. The minimum Gasteiger partial charge on any atom is -0.277 e.